The molecule has 0 spiro atoms. The highest BCUT2D eigenvalue weighted by molar-refractivity contribution is 5.57. The molecule has 84 valence electrons. The molecule has 0 radical (unpaired) electrons. The molecule has 14 heavy (non-hydrogen) atoms. The lowest BCUT2D eigenvalue weighted by Crippen LogP contribution is -2.27. The van der Waals surface area contributed by atoms with Crippen LogP contribution in [-0.2, 0) is 0 Å². The molecule has 0 aliphatic rings. The van der Waals surface area contributed by atoms with E-state index in [9.17, 15) is 10.2 Å². The molecule has 2 atom stereocenters. The second kappa shape index (κ2) is 9.12. The third-order valence-corrected chi connectivity index (χ3v) is 1.99. The molecule has 0 aromatic heterocycles. The van der Waals surface area contributed by atoms with E-state index in [2.05, 4.69) is 11.9 Å². The Hall–Kier alpha value is -0.450. The van der Waals surface area contributed by atoms with E-state index in [1.807, 2.05) is 0 Å². The van der Waals surface area contributed by atoms with Gasteiger partial charge in [0.2, 0.25) is 0 Å². The third kappa shape index (κ3) is 7.00. The molecule has 0 aromatic carbocycles. The predicted molar refractivity (Wildman–Crippen MR) is 56.6 cm³/mol. The number of aliphatic hydroxyl groups excluding tert-OH is 3. The predicted octanol–water partition coefficient (Wildman–Crippen LogP) is 0.352. The second-order valence-electron chi connectivity index (χ2n) is 3.32. The van der Waals surface area contributed by atoms with E-state index in [0.717, 1.165) is 19.4 Å². The number of aliphatic imine (C=N–C) groups is 1. The van der Waals surface area contributed by atoms with Gasteiger partial charge in [0.1, 0.15) is 0 Å². The summed E-state index contributed by atoms with van der Waals surface area (Å²) in [7, 11) is 0. The van der Waals surface area contributed by atoms with Gasteiger partial charge in [-0.15, -0.1) is 0 Å². The highest BCUT2D eigenvalue weighted by Gasteiger charge is 2.13. The van der Waals surface area contributed by atoms with Gasteiger partial charge in [0.05, 0.1) is 12.2 Å². The number of hydrogen-bond acceptors (Lipinski definition) is 4. The van der Waals surface area contributed by atoms with Crippen molar-refractivity contribution in [1.82, 2.24) is 0 Å². The highest BCUT2D eigenvalue weighted by Crippen LogP contribution is 2.01. The Bertz CT molecular complexity index is 150. The molecular formula is C10H21NO3. The zero-order valence-electron chi connectivity index (χ0n) is 8.76. The van der Waals surface area contributed by atoms with Crippen LogP contribution in [0.3, 0.4) is 0 Å². The van der Waals surface area contributed by atoms with Gasteiger partial charge in [-0.3, -0.25) is 4.99 Å². The molecule has 0 aromatic rings. The summed E-state index contributed by atoms with van der Waals surface area (Å²) < 4.78 is 0. The number of nitrogens with zero attached hydrogens (tertiary/aromatic N) is 1. The van der Waals surface area contributed by atoms with Crippen molar-refractivity contribution in [3.8, 4) is 0 Å². The summed E-state index contributed by atoms with van der Waals surface area (Å²) in [6, 6.07) is 0. The van der Waals surface area contributed by atoms with Crippen LogP contribution < -0.4 is 0 Å². The summed E-state index contributed by atoms with van der Waals surface area (Å²) >= 11 is 0. The monoisotopic (exact) mass is 203 g/mol. The zero-order chi connectivity index (χ0) is 10.8. The van der Waals surface area contributed by atoms with Crippen molar-refractivity contribution in [1.29, 1.82) is 0 Å². The Balaban J connectivity index is 3.51. The third-order valence-electron chi connectivity index (χ3n) is 1.99. The van der Waals surface area contributed by atoms with Crippen molar-refractivity contribution in [2.24, 2.45) is 4.99 Å². The van der Waals surface area contributed by atoms with Crippen LogP contribution >= 0.6 is 0 Å². The maximum absolute atomic E-state index is 9.35. The first kappa shape index (κ1) is 13.5. The summed E-state index contributed by atoms with van der Waals surface area (Å²) in [4.78, 5) is 4.08. The molecule has 0 saturated heterocycles. The van der Waals surface area contributed by atoms with Gasteiger partial charge in [-0.25, -0.2) is 0 Å². The molecule has 3 N–H and O–H groups in total. The lowest BCUT2D eigenvalue weighted by atomic mass is 10.1. The van der Waals surface area contributed by atoms with Gasteiger partial charge in [0.25, 0.3) is 0 Å². The lowest BCUT2D eigenvalue weighted by molar-refractivity contribution is 0.0103. The van der Waals surface area contributed by atoms with E-state index < -0.39 is 12.2 Å². The lowest BCUT2D eigenvalue weighted by Gasteiger charge is -2.14. The van der Waals surface area contributed by atoms with E-state index in [4.69, 9.17) is 5.11 Å². The zero-order valence-corrected chi connectivity index (χ0v) is 8.76. The quantitative estimate of drug-likeness (QED) is 0.394. The summed E-state index contributed by atoms with van der Waals surface area (Å²) in [6.07, 6.45) is 2.69. The van der Waals surface area contributed by atoms with Gasteiger partial charge in [0.15, 0.2) is 0 Å². The number of aliphatic hydroxyl groups is 3. The summed E-state index contributed by atoms with van der Waals surface area (Å²) in [6.45, 7) is 2.76. The standard InChI is InChI=1S/C10H21NO3/c1-2-3-6-11-7-4-9(13)10(14)5-8-12/h7,9-10,12-14H,2-6,8H2,1H3/t9-,10-/m1/s1. The van der Waals surface area contributed by atoms with Gasteiger partial charge < -0.3 is 15.3 Å². The van der Waals surface area contributed by atoms with E-state index >= 15 is 0 Å². The molecule has 0 saturated carbocycles. The normalized spacial score (nSPS) is 16.0. The van der Waals surface area contributed by atoms with Crippen molar-refractivity contribution in [3.05, 3.63) is 0 Å². The Labute approximate surface area is 85.3 Å². The average Bonchev–Trinajstić information content (AvgIpc) is 2.17. The van der Waals surface area contributed by atoms with Gasteiger partial charge in [0, 0.05) is 25.8 Å². The van der Waals surface area contributed by atoms with Gasteiger partial charge in [-0.1, -0.05) is 13.3 Å². The molecule has 0 heterocycles. The van der Waals surface area contributed by atoms with Crippen LogP contribution in [0.1, 0.15) is 32.6 Å². The molecule has 0 fully saturated rings. The van der Waals surface area contributed by atoms with Crippen molar-refractivity contribution in [2.45, 2.75) is 44.8 Å². The molecule has 4 nitrogen and oxygen atoms in total. The Morgan fingerprint density at radius 3 is 2.57 bits per heavy atom. The summed E-state index contributed by atoms with van der Waals surface area (Å²) in [5.74, 6) is 0. The van der Waals surface area contributed by atoms with Crippen molar-refractivity contribution in [2.75, 3.05) is 13.2 Å². The van der Waals surface area contributed by atoms with E-state index in [1.54, 1.807) is 6.21 Å². The number of hydrogen-bond donors (Lipinski definition) is 3. The Morgan fingerprint density at radius 1 is 1.29 bits per heavy atom. The van der Waals surface area contributed by atoms with Crippen molar-refractivity contribution >= 4 is 6.21 Å². The second-order valence-corrected chi connectivity index (χ2v) is 3.32. The van der Waals surface area contributed by atoms with E-state index in [-0.39, 0.29) is 13.0 Å². The highest BCUT2D eigenvalue weighted by atomic mass is 16.3. The fourth-order valence-electron chi connectivity index (χ4n) is 1.00. The van der Waals surface area contributed by atoms with Gasteiger partial charge in [-0.05, 0) is 12.8 Å². The summed E-state index contributed by atoms with van der Waals surface area (Å²) in [5.41, 5.74) is 0. The first-order valence-electron chi connectivity index (χ1n) is 5.17. The molecule has 0 bridgehead atoms. The minimum Gasteiger partial charge on any atom is -0.396 e. The minimum atomic E-state index is -0.849. The molecule has 4 heteroatoms. The fourth-order valence-corrected chi connectivity index (χ4v) is 1.00. The van der Waals surface area contributed by atoms with Crippen LogP contribution in [0.5, 0.6) is 0 Å². The van der Waals surface area contributed by atoms with E-state index in [1.165, 1.54) is 0 Å². The fraction of sp³-hybridized carbons (Fsp3) is 0.900. The largest absolute Gasteiger partial charge is 0.396 e. The summed E-state index contributed by atoms with van der Waals surface area (Å²) in [5, 5.41) is 27.1. The SMILES string of the molecule is CCCCN=CC[C@@H](O)[C@H](O)CCO. The van der Waals surface area contributed by atoms with Crippen LogP contribution in [-0.4, -0.2) is 46.9 Å². The molecule has 0 rings (SSSR count). The molecule has 0 unspecified atom stereocenters. The van der Waals surface area contributed by atoms with Gasteiger partial charge in [-0.2, -0.15) is 0 Å². The van der Waals surface area contributed by atoms with Crippen LogP contribution in [0.2, 0.25) is 0 Å². The Morgan fingerprint density at radius 2 is 2.00 bits per heavy atom. The molecule has 0 aliphatic heterocycles. The molecule has 0 amide bonds. The first-order chi connectivity index (χ1) is 6.72. The van der Waals surface area contributed by atoms with Crippen LogP contribution in [0, 0.1) is 0 Å². The molecular weight excluding hydrogens is 182 g/mol. The van der Waals surface area contributed by atoms with Crippen LogP contribution in [0.25, 0.3) is 0 Å². The number of unbranched alkanes of at least 4 members (excludes halogenated alkanes) is 1. The Kier molecular flexibility index (Phi) is 8.83. The smallest absolute Gasteiger partial charge is 0.0849 e. The first-order valence-corrected chi connectivity index (χ1v) is 5.17. The molecule has 0 aliphatic carbocycles. The van der Waals surface area contributed by atoms with Crippen molar-refractivity contribution < 1.29 is 15.3 Å². The average molecular weight is 203 g/mol. The maximum Gasteiger partial charge on any atom is 0.0849 e. The minimum absolute atomic E-state index is 0.106. The van der Waals surface area contributed by atoms with Crippen LogP contribution in [0.4, 0.5) is 0 Å². The number of rotatable bonds is 8. The maximum atomic E-state index is 9.35. The van der Waals surface area contributed by atoms with Gasteiger partial charge >= 0.3 is 0 Å². The van der Waals surface area contributed by atoms with Crippen molar-refractivity contribution in [3.63, 3.8) is 0 Å². The van der Waals surface area contributed by atoms with E-state index in [0.29, 0.717) is 6.42 Å². The van der Waals surface area contributed by atoms with Crippen LogP contribution in [0.15, 0.2) is 4.99 Å². The topological polar surface area (TPSA) is 73.1 Å².